The maximum absolute atomic E-state index is 13.5. The minimum absolute atomic E-state index is 0.0647. The fourth-order valence-corrected chi connectivity index (χ4v) is 5.30. The first-order valence-corrected chi connectivity index (χ1v) is 12.6. The van der Waals surface area contributed by atoms with Crippen LogP contribution in [0.4, 0.5) is 13.9 Å². The van der Waals surface area contributed by atoms with Crippen molar-refractivity contribution in [1.82, 2.24) is 9.71 Å². The first-order valence-electron chi connectivity index (χ1n) is 10.3. The van der Waals surface area contributed by atoms with Crippen molar-refractivity contribution in [3.63, 3.8) is 0 Å². The van der Waals surface area contributed by atoms with Gasteiger partial charge in [0.25, 0.3) is 0 Å². The number of hydrogen-bond donors (Lipinski definition) is 2. The number of ether oxygens (including phenoxy) is 2. The van der Waals surface area contributed by atoms with Crippen LogP contribution < -0.4 is 19.5 Å². The quantitative estimate of drug-likeness (QED) is 0.502. The molecule has 0 fully saturated rings. The zero-order chi connectivity index (χ0) is 24.5. The van der Waals surface area contributed by atoms with E-state index in [1.807, 2.05) is 0 Å². The zero-order valence-corrected chi connectivity index (χ0v) is 19.8. The number of carbonyl (C=O) groups is 1. The van der Waals surface area contributed by atoms with Crippen molar-refractivity contribution in [2.45, 2.75) is 24.8 Å². The normalized spacial score (nSPS) is 14.1. The molecule has 0 saturated heterocycles. The minimum atomic E-state index is -4.06. The third-order valence-electron chi connectivity index (χ3n) is 5.00. The lowest BCUT2D eigenvalue weighted by Crippen LogP contribution is -2.47. The van der Waals surface area contributed by atoms with Crippen molar-refractivity contribution in [3.8, 4) is 22.8 Å². The average Bonchev–Trinajstić information content (AvgIpc) is 3.27. The molecule has 8 nitrogen and oxygen atoms in total. The Morgan fingerprint density at radius 3 is 2.50 bits per heavy atom. The third-order valence-corrected chi connectivity index (χ3v) is 7.20. The van der Waals surface area contributed by atoms with Gasteiger partial charge in [-0.25, -0.2) is 22.2 Å². The van der Waals surface area contributed by atoms with Crippen LogP contribution in [-0.2, 0) is 14.8 Å². The van der Waals surface area contributed by atoms with E-state index in [0.29, 0.717) is 36.0 Å². The molecule has 0 spiro atoms. The number of amides is 1. The lowest BCUT2D eigenvalue weighted by Gasteiger charge is -2.22. The fourth-order valence-electron chi connectivity index (χ4n) is 3.22. The predicted molar refractivity (Wildman–Crippen MR) is 122 cm³/mol. The summed E-state index contributed by atoms with van der Waals surface area (Å²) < 4.78 is 65.9. The van der Waals surface area contributed by atoms with E-state index in [0.717, 1.165) is 23.5 Å². The fraction of sp³-hybridized carbons (Fsp3) is 0.273. The van der Waals surface area contributed by atoms with E-state index < -0.39 is 39.5 Å². The Balaban J connectivity index is 1.50. The van der Waals surface area contributed by atoms with Gasteiger partial charge in [0, 0.05) is 17.0 Å². The predicted octanol–water partition coefficient (Wildman–Crippen LogP) is 3.80. The summed E-state index contributed by atoms with van der Waals surface area (Å²) in [6.07, 6.45) is 0. The van der Waals surface area contributed by atoms with Crippen molar-refractivity contribution in [2.24, 2.45) is 5.92 Å². The molecule has 1 aliphatic rings. The van der Waals surface area contributed by atoms with Crippen molar-refractivity contribution >= 4 is 32.4 Å². The molecule has 1 aliphatic heterocycles. The first kappa shape index (κ1) is 24.0. The SMILES string of the molecule is CC(C)[C@H](NS(=O)(=O)c1ccc2c(c1)OCCO2)C(=O)Nc1nc(-c2ccc(F)c(F)c2)cs1. The van der Waals surface area contributed by atoms with Gasteiger partial charge >= 0.3 is 0 Å². The molecular weight excluding hydrogens is 488 g/mol. The first-order chi connectivity index (χ1) is 16.1. The maximum atomic E-state index is 13.5. The van der Waals surface area contributed by atoms with Crippen molar-refractivity contribution in [3.05, 3.63) is 53.4 Å². The van der Waals surface area contributed by atoms with Gasteiger partial charge in [-0.3, -0.25) is 4.79 Å². The van der Waals surface area contributed by atoms with Gasteiger partial charge in [-0.05, 0) is 36.2 Å². The second-order valence-electron chi connectivity index (χ2n) is 7.80. The second kappa shape index (κ2) is 9.65. The summed E-state index contributed by atoms with van der Waals surface area (Å²) in [5, 5.41) is 4.36. The molecular formula is C22H21F2N3O5S2. The summed E-state index contributed by atoms with van der Waals surface area (Å²) >= 11 is 1.07. The van der Waals surface area contributed by atoms with Crippen LogP contribution in [0, 0.1) is 17.6 Å². The molecule has 2 N–H and O–H groups in total. The van der Waals surface area contributed by atoms with Crippen LogP contribution in [-0.4, -0.2) is 38.6 Å². The standard InChI is InChI=1S/C22H21F2N3O5S2/c1-12(2)20(27-34(29,30)14-4-6-18-19(10-14)32-8-7-31-18)21(28)26-22-25-17(11-33-22)13-3-5-15(23)16(24)9-13/h3-6,9-12,20,27H,7-8H2,1-2H3,(H,25,26,28)/t20-/m0/s1. The summed E-state index contributed by atoms with van der Waals surface area (Å²) in [6.45, 7) is 4.08. The number of fused-ring (bicyclic) bond motifs is 1. The number of rotatable bonds is 7. The largest absolute Gasteiger partial charge is 0.486 e. The summed E-state index contributed by atoms with van der Waals surface area (Å²) in [5.41, 5.74) is 0.688. The summed E-state index contributed by atoms with van der Waals surface area (Å²) in [7, 11) is -4.06. The Morgan fingerprint density at radius 1 is 1.06 bits per heavy atom. The van der Waals surface area contributed by atoms with E-state index in [9.17, 15) is 22.0 Å². The number of aromatic nitrogens is 1. The molecule has 180 valence electrons. The highest BCUT2D eigenvalue weighted by molar-refractivity contribution is 7.89. The van der Waals surface area contributed by atoms with Crippen molar-refractivity contribution in [1.29, 1.82) is 0 Å². The van der Waals surface area contributed by atoms with Gasteiger partial charge in [-0.2, -0.15) is 4.72 Å². The third kappa shape index (κ3) is 5.18. The van der Waals surface area contributed by atoms with Gasteiger partial charge in [-0.15, -0.1) is 11.3 Å². The molecule has 0 radical (unpaired) electrons. The number of halogens is 2. The van der Waals surface area contributed by atoms with Gasteiger partial charge in [0.15, 0.2) is 28.3 Å². The number of thiazole rings is 1. The van der Waals surface area contributed by atoms with E-state index in [-0.39, 0.29) is 10.0 Å². The molecule has 2 aromatic carbocycles. The van der Waals surface area contributed by atoms with Crippen molar-refractivity contribution < 1.29 is 31.5 Å². The summed E-state index contributed by atoms with van der Waals surface area (Å²) in [4.78, 5) is 17.1. The lowest BCUT2D eigenvalue weighted by molar-refractivity contribution is -0.118. The highest BCUT2D eigenvalue weighted by Crippen LogP contribution is 2.32. The number of nitrogens with one attached hydrogen (secondary N) is 2. The molecule has 1 atom stereocenters. The van der Waals surface area contributed by atoms with Gasteiger partial charge < -0.3 is 14.8 Å². The number of nitrogens with zero attached hydrogens (tertiary/aromatic N) is 1. The molecule has 12 heteroatoms. The summed E-state index contributed by atoms with van der Waals surface area (Å²) in [6, 6.07) is 6.49. The van der Waals surface area contributed by atoms with Gasteiger partial charge in [0.2, 0.25) is 15.9 Å². The number of hydrogen-bond acceptors (Lipinski definition) is 7. The topological polar surface area (TPSA) is 107 Å². The molecule has 34 heavy (non-hydrogen) atoms. The van der Waals surface area contributed by atoms with Gasteiger partial charge in [-0.1, -0.05) is 13.8 Å². The molecule has 2 heterocycles. The van der Waals surface area contributed by atoms with Crippen LogP contribution in [0.2, 0.25) is 0 Å². The van der Waals surface area contributed by atoms with Gasteiger partial charge in [0.05, 0.1) is 10.6 Å². The molecule has 0 saturated carbocycles. The van der Waals surface area contributed by atoms with E-state index in [4.69, 9.17) is 9.47 Å². The smallest absolute Gasteiger partial charge is 0.244 e. The van der Waals surface area contributed by atoms with Crippen molar-refractivity contribution in [2.75, 3.05) is 18.5 Å². The highest BCUT2D eigenvalue weighted by atomic mass is 32.2. The highest BCUT2D eigenvalue weighted by Gasteiger charge is 2.30. The van der Waals surface area contributed by atoms with Crippen LogP contribution in [0.3, 0.4) is 0 Å². The minimum Gasteiger partial charge on any atom is -0.486 e. The van der Waals surface area contributed by atoms with Gasteiger partial charge in [0.1, 0.15) is 19.3 Å². The molecule has 1 amide bonds. The average molecular weight is 510 g/mol. The molecule has 3 aromatic rings. The molecule has 0 bridgehead atoms. The molecule has 4 rings (SSSR count). The molecule has 0 aliphatic carbocycles. The Labute approximate surface area is 199 Å². The maximum Gasteiger partial charge on any atom is 0.244 e. The van der Waals surface area contributed by atoms with E-state index >= 15 is 0 Å². The van der Waals surface area contributed by atoms with Crippen LogP contribution >= 0.6 is 11.3 Å². The Hall–Kier alpha value is -3.09. The lowest BCUT2D eigenvalue weighted by atomic mass is 10.1. The molecule has 1 aromatic heterocycles. The van der Waals surface area contributed by atoms with E-state index in [1.165, 1.54) is 24.3 Å². The van der Waals surface area contributed by atoms with Crippen LogP contribution in [0.1, 0.15) is 13.8 Å². The number of benzene rings is 2. The zero-order valence-electron chi connectivity index (χ0n) is 18.2. The van der Waals surface area contributed by atoms with E-state index in [1.54, 1.807) is 19.2 Å². The van der Waals surface area contributed by atoms with Crippen LogP contribution in [0.25, 0.3) is 11.3 Å². The van der Waals surface area contributed by atoms with Crippen LogP contribution in [0.15, 0.2) is 46.7 Å². The van der Waals surface area contributed by atoms with Crippen LogP contribution in [0.5, 0.6) is 11.5 Å². The summed E-state index contributed by atoms with van der Waals surface area (Å²) in [5.74, 6) is -2.22. The monoisotopic (exact) mass is 509 g/mol. The Bertz CT molecular complexity index is 1330. The number of sulfonamides is 1. The number of carbonyl (C=O) groups excluding carboxylic acids is 1. The Kier molecular flexibility index (Phi) is 6.82. The van der Waals surface area contributed by atoms with E-state index in [2.05, 4.69) is 15.0 Å². The molecule has 0 unspecified atom stereocenters. The second-order valence-corrected chi connectivity index (χ2v) is 10.4. The number of anilines is 1. The Morgan fingerprint density at radius 2 is 1.79 bits per heavy atom.